The van der Waals surface area contributed by atoms with Gasteiger partial charge in [0.2, 0.25) is 0 Å². The summed E-state index contributed by atoms with van der Waals surface area (Å²) in [5, 5.41) is 10.6. The molecule has 1 N–H and O–H groups in total. The van der Waals surface area contributed by atoms with E-state index >= 15 is 0 Å². The summed E-state index contributed by atoms with van der Waals surface area (Å²) in [5.41, 5.74) is 6.03. The lowest BCUT2D eigenvalue weighted by molar-refractivity contribution is -0.123. The third-order valence-electron chi connectivity index (χ3n) is 5.01. The summed E-state index contributed by atoms with van der Waals surface area (Å²) in [4.78, 5) is 12.1. The van der Waals surface area contributed by atoms with Crippen LogP contribution in [-0.4, -0.2) is 29.3 Å². The van der Waals surface area contributed by atoms with Gasteiger partial charge < -0.3 is 14.5 Å². The molecule has 0 bridgehead atoms. The smallest absolute Gasteiger partial charge is 0.415 e. The minimum atomic E-state index is -0.226. The van der Waals surface area contributed by atoms with Gasteiger partial charge in [-0.25, -0.2) is 0 Å². The highest BCUT2D eigenvalue weighted by molar-refractivity contribution is 5.77. The number of hydrogen-bond acceptors (Lipinski definition) is 5. The van der Waals surface area contributed by atoms with Gasteiger partial charge in [-0.2, -0.15) is 0 Å². The van der Waals surface area contributed by atoms with Gasteiger partial charge in [0.15, 0.2) is 6.61 Å². The summed E-state index contributed by atoms with van der Waals surface area (Å²) in [5.74, 6) is 0.131. The number of ether oxygens (including phenoxy) is 1. The maximum Gasteiger partial charge on any atom is 0.415 e. The highest BCUT2D eigenvalue weighted by Crippen LogP contribution is 2.27. The predicted octanol–water partition coefficient (Wildman–Crippen LogP) is 4.39. The molecule has 1 aromatic heterocycles. The minimum Gasteiger partial charge on any atom is -0.439 e. The fourth-order valence-electron chi connectivity index (χ4n) is 3.29. The van der Waals surface area contributed by atoms with Gasteiger partial charge in [-0.05, 0) is 60.1 Å². The van der Waals surface area contributed by atoms with E-state index in [1.165, 1.54) is 22.3 Å². The van der Waals surface area contributed by atoms with Crippen LogP contribution in [0.2, 0.25) is 0 Å². The number of carbonyl (C=O) groups excluding carboxylic acids is 1. The summed E-state index contributed by atoms with van der Waals surface area (Å²) >= 11 is 0. The van der Waals surface area contributed by atoms with E-state index in [-0.39, 0.29) is 24.0 Å². The van der Waals surface area contributed by atoms with E-state index in [1.54, 1.807) is 0 Å². The minimum absolute atomic E-state index is 0.0199. The average molecular weight is 408 g/mol. The normalized spacial score (nSPS) is 11.4. The zero-order valence-corrected chi connectivity index (χ0v) is 18.3. The number of amides is 1. The molecule has 3 aromatic rings. The fourth-order valence-corrected chi connectivity index (χ4v) is 3.29. The number of carbonyl (C=O) groups is 1. The quantitative estimate of drug-likeness (QED) is 0.629. The van der Waals surface area contributed by atoms with Crippen molar-refractivity contribution in [2.45, 2.75) is 46.5 Å². The molecule has 0 aliphatic carbocycles. The van der Waals surface area contributed by atoms with Gasteiger partial charge >= 0.3 is 6.08 Å². The SMILES string of the molecule is Cc1cc(C(C)(C)C)cc(C)c1CCNC(=O)COc1nnc(-c2ccccc2)o1. The van der Waals surface area contributed by atoms with Gasteiger partial charge in [-0.1, -0.05) is 56.2 Å². The summed E-state index contributed by atoms with van der Waals surface area (Å²) < 4.78 is 10.8. The van der Waals surface area contributed by atoms with Crippen LogP contribution in [0.25, 0.3) is 11.5 Å². The first-order valence-corrected chi connectivity index (χ1v) is 10.1. The molecule has 0 radical (unpaired) electrons. The Kier molecular flexibility index (Phi) is 6.55. The van der Waals surface area contributed by atoms with Crippen molar-refractivity contribution in [3.63, 3.8) is 0 Å². The Labute approximate surface area is 177 Å². The Bertz CT molecular complexity index is 981. The van der Waals surface area contributed by atoms with E-state index in [0.29, 0.717) is 12.4 Å². The van der Waals surface area contributed by atoms with Crippen molar-refractivity contribution in [2.75, 3.05) is 13.2 Å². The van der Waals surface area contributed by atoms with Crippen molar-refractivity contribution in [1.82, 2.24) is 15.5 Å². The number of aromatic nitrogens is 2. The van der Waals surface area contributed by atoms with E-state index in [9.17, 15) is 4.79 Å². The molecule has 0 saturated carbocycles. The molecular formula is C24H29N3O3. The Hall–Kier alpha value is -3.15. The number of aryl methyl sites for hydroxylation is 2. The Morgan fingerprint density at radius 1 is 1.07 bits per heavy atom. The van der Waals surface area contributed by atoms with Crippen LogP contribution in [-0.2, 0) is 16.6 Å². The summed E-state index contributed by atoms with van der Waals surface area (Å²) in [6.45, 7) is 11.3. The first-order chi connectivity index (χ1) is 14.2. The van der Waals surface area contributed by atoms with E-state index in [4.69, 9.17) is 9.15 Å². The van der Waals surface area contributed by atoms with Crippen LogP contribution in [0.5, 0.6) is 6.08 Å². The monoisotopic (exact) mass is 407 g/mol. The van der Waals surface area contributed by atoms with Crippen molar-refractivity contribution in [3.05, 3.63) is 64.7 Å². The molecule has 30 heavy (non-hydrogen) atoms. The second kappa shape index (κ2) is 9.11. The molecule has 0 unspecified atom stereocenters. The van der Waals surface area contributed by atoms with Crippen LogP contribution < -0.4 is 10.1 Å². The molecule has 0 saturated heterocycles. The number of benzene rings is 2. The highest BCUT2D eigenvalue weighted by atomic mass is 16.6. The van der Waals surface area contributed by atoms with Crippen molar-refractivity contribution in [2.24, 2.45) is 0 Å². The van der Waals surface area contributed by atoms with Gasteiger partial charge in [0.05, 0.1) is 0 Å². The Morgan fingerprint density at radius 3 is 2.37 bits per heavy atom. The molecule has 0 spiro atoms. The molecule has 0 atom stereocenters. The predicted molar refractivity (Wildman–Crippen MR) is 117 cm³/mol. The number of hydrogen-bond donors (Lipinski definition) is 1. The van der Waals surface area contributed by atoms with Gasteiger partial charge in [-0.15, -0.1) is 5.10 Å². The van der Waals surface area contributed by atoms with E-state index in [0.717, 1.165) is 12.0 Å². The van der Waals surface area contributed by atoms with Crippen LogP contribution >= 0.6 is 0 Å². The molecule has 2 aromatic carbocycles. The second-order valence-electron chi connectivity index (χ2n) is 8.47. The van der Waals surface area contributed by atoms with Crippen LogP contribution in [0.4, 0.5) is 0 Å². The average Bonchev–Trinajstić information content (AvgIpc) is 3.17. The molecule has 1 amide bonds. The van der Waals surface area contributed by atoms with Gasteiger partial charge in [-0.3, -0.25) is 4.79 Å². The zero-order chi connectivity index (χ0) is 21.7. The Balaban J connectivity index is 1.48. The highest BCUT2D eigenvalue weighted by Gasteiger charge is 2.16. The maximum absolute atomic E-state index is 12.1. The van der Waals surface area contributed by atoms with Crippen LogP contribution in [0.15, 0.2) is 46.9 Å². The standard InChI is InChI=1S/C24H29N3O3/c1-16-13-19(24(3,4)5)14-17(2)20(16)11-12-25-21(28)15-29-23-27-26-22(30-23)18-9-7-6-8-10-18/h6-10,13-14H,11-12,15H2,1-5H3,(H,25,28). The van der Waals surface area contributed by atoms with Crippen LogP contribution in [0, 0.1) is 13.8 Å². The first-order valence-electron chi connectivity index (χ1n) is 10.1. The molecule has 158 valence electrons. The molecule has 1 heterocycles. The number of nitrogens with one attached hydrogen (secondary N) is 1. The topological polar surface area (TPSA) is 77.2 Å². The van der Waals surface area contributed by atoms with E-state index in [2.05, 4.69) is 62.3 Å². The lowest BCUT2D eigenvalue weighted by Gasteiger charge is -2.22. The molecule has 0 aliphatic heterocycles. The third-order valence-corrected chi connectivity index (χ3v) is 5.01. The summed E-state index contributed by atoms with van der Waals surface area (Å²) in [7, 11) is 0. The molecule has 6 heteroatoms. The van der Waals surface area contributed by atoms with Crippen molar-refractivity contribution < 1.29 is 13.9 Å². The molecule has 0 fully saturated rings. The molecule has 0 aliphatic rings. The lowest BCUT2D eigenvalue weighted by atomic mass is 9.83. The summed E-state index contributed by atoms with van der Waals surface area (Å²) in [6.07, 6.45) is 0.750. The number of nitrogens with zero attached hydrogens (tertiary/aromatic N) is 2. The Morgan fingerprint density at radius 2 is 1.73 bits per heavy atom. The maximum atomic E-state index is 12.1. The first kappa shape index (κ1) is 21.6. The molecule has 3 rings (SSSR count). The second-order valence-corrected chi connectivity index (χ2v) is 8.47. The van der Waals surface area contributed by atoms with Crippen LogP contribution in [0.1, 0.15) is 43.0 Å². The van der Waals surface area contributed by atoms with Crippen molar-refractivity contribution in [1.29, 1.82) is 0 Å². The third kappa shape index (κ3) is 5.47. The number of rotatable bonds is 7. The lowest BCUT2D eigenvalue weighted by Crippen LogP contribution is -2.30. The fraction of sp³-hybridized carbons (Fsp3) is 0.375. The van der Waals surface area contributed by atoms with Gasteiger partial charge in [0.1, 0.15) is 0 Å². The largest absolute Gasteiger partial charge is 0.439 e. The molecule has 6 nitrogen and oxygen atoms in total. The van der Waals surface area contributed by atoms with Gasteiger partial charge in [0, 0.05) is 12.1 Å². The van der Waals surface area contributed by atoms with E-state index in [1.807, 2.05) is 30.3 Å². The van der Waals surface area contributed by atoms with E-state index < -0.39 is 0 Å². The summed E-state index contributed by atoms with van der Waals surface area (Å²) in [6, 6.07) is 13.9. The van der Waals surface area contributed by atoms with Crippen LogP contribution in [0.3, 0.4) is 0 Å². The van der Waals surface area contributed by atoms with Crippen molar-refractivity contribution in [3.8, 4) is 17.5 Å². The van der Waals surface area contributed by atoms with Crippen molar-refractivity contribution >= 4 is 5.91 Å². The zero-order valence-electron chi connectivity index (χ0n) is 18.3. The van der Waals surface area contributed by atoms with Gasteiger partial charge in [0.25, 0.3) is 11.8 Å². The molecular weight excluding hydrogens is 378 g/mol.